The van der Waals surface area contributed by atoms with Crippen LogP contribution in [0.15, 0.2) is 18.2 Å². The quantitative estimate of drug-likeness (QED) is 0.859. The van der Waals surface area contributed by atoms with E-state index in [2.05, 4.69) is 10.6 Å². The maximum Gasteiger partial charge on any atom is 0.237 e. The Labute approximate surface area is 119 Å². The summed E-state index contributed by atoms with van der Waals surface area (Å²) >= 11 is 0. The first-order chi connectivity index (χ1) is 9.65. The van der Waals surface area contributed by atoms with E-state index in [1.165, 1.54) is 0 Å². The summed E-state index contributed by atoms with van der Waals surface area (Å²) < 4.78 is 10.5. The molecule has 1 fully saturated rings. The van der Waals surface area contributed by atoms with Crippen LogP contribution >= 0.6 is 0 Å². The van der Waals surface area contributed by atoms with Crippen LogP contribution < -0.4 is 20.1 Å². The smallest absolute Gasteiger partial charge is 0.237 e. The van der Waals surface area contributed by atoms with Crippen molar-refractivity contribution in [1.82, 2.24) is 10.6 Å². The number of carbonyl (C=O) groups excluding carboxylic acids is 1. The van der Waals surface area contributed by atoms with E-state index >= 15 is 0 Å². The molecule has 5 heteroatoms. The molecule has 5 nitrogen and oxygen atoms in total. The maximum atomic E-state index is 12.1. The highest BCUT2D eigenvalue weighted by Gasteiger charge is 2.23. The zero-order valence-corrected chi connectivity index (χ0v) is 12.2. The third-order valence-electron chi connectivity index (χ3n) is 3.64. The van der Waals surface area contributed by atoms with E-state index in [9.17, 15) is 4.79 Å². The van der Waals surface area contributed by atoms with E-state index in [-0.39, 0.29) is 18.0 Å². The van der Waals surface area contributed by atoms with Gasteiger partial charge >= 0.3 is 0 Å². The molecule has 1 aliphatic heterocycles. The number of ether oxygens (including phenoxy) is 2. The van der Waals surface area contributed by atoms with Gasteiger partial charge in [-0.15, -0.1) is 0 Å². The van der Waals surface area contributed by atoms with E-state index in [1.54, 1.807) is 14.2 Å². The van der Waals surface area contributed by atoms with Crippen LogP contribution in [-0.2, 0) is 4.79 Å². The first-order valence-corrected chi connectivity index (χ1v) is 6.91. The van der Waals surface area contributed by atoms with Crippen LogP contribution in [-0.4, -0.2) is 32.7 Å². The molecule has 2 N–H and O–H groups in total. The average Bonchev–Trinajstić information content (AvgIpc) is 3.00. The van der Waals surface area contributed by atoms with Crippen LogP contribution in [0.3, 0.4) is 0 Å². The maximum absolute atomic E-state index is 12.1. The third-order valence-corrected chi connectivity index (χ3v) is 3.64. The monoisotopic (exact) mass is 278 g/mol. The summed E-state index contributed by atoms with van der Waals surface area (Å²) in [6.45, 7) is 2.89. The molecular formula is C15H22N2O3. The van der Waals surface area contributed by atoms with E-state index in [0.29, 0.717) is 11.5 Å². The van der Waals surface area contributed by atoms with Crippen molar-refractivity contribution in [1.29, 1.82) is 0 Å². The minimum atomic E-state index is -0.0651. The molecule has 2 rings (SSSR count). The lowest BCUT2D eigenvalue weighted by Gasteiger charge is -2.19. The Morgan fingerprint density at radius 2 is 2.10 bits per heavy atom. The van der Waals surface area contributed by atoms with Crippen LogP contribution in [0.2, 0.25) is 0 Å². The summed E-state index contributed by atoms with van der Waals surface area (Å²) in [5.41, 5.74) is 0.994. The van der Waals surface area contributed by atoms with Crippen molar-refractivity contribution in [2.75, 3.05) is 20.8 Å². The number of nitrogens with one attached hydrogen (secondary N) is 2. The molecule has 1 aromatic rings. The summed E-state index contributed by atoms with van der Waals surface area (Å²) in [6, 6.07) is 5.56. The second-order valence-corrected chi connectivity index (χ2v) is 4.99. The van der Waals surface area contributed by atoms with E-state index in [4.69, 9.17) is 9.47 Å². The Morgan fingerprint density at radius 3 is 2.70 bits per heavy atom. The Hall–Kier alpha value is -1.75. The first-order valence-electron chi connectivity index (χ1n) is 6.91. The summed E-state index contributed by atoms with van der Waals surface area (Å²) in [7, 11) is 3.21. The largest absolute Gasteiger partial charge is 0.493 e. The van der Waals surface area contributed by atoms with Crippen molar-refractivity contribution < 1.29 is 14.3 Å². The Bertz CT molecular complexity index is 470. The molecule has 0 aliphatic carbocycles. The molecule has 1 unspecified atom stereocenters. The molecule has 2 atom stereocenters. The molecule has 1 amide bonds. The van der Waals surface area contributed by atoms with Crippen molar-refractivity contribution in [3.05, 3.63) is 23.8 Å². The zero-order valence-electron chi connectivity index (χ0n) is 12.2. The minimum Gasteiger partial charge on any atom is -0.493 e. The number of methoxy groups -OCH3 is 2. The van der Waals surface area contributed by atoms with Crippen LogP contribution in [0.5, 0.6) is 11.5 Å². The zero-order chi connectivity index (χ0) is 14.5. The topological polar surface area (TPSA) is 59.6 Å². The molecule has 1 aromatic carbocycles. The molecule has 1 heterocycles. The molecule has 0 radical (unpaired) electrons. The Morgan fingerprint density at radius 1 is 1.35 bits per heavy atom. The van der Waals surface area contributed by atoms with Crippen LogP contribution in [0, 0.1) is 0 Å². The molecule has 0 spiro atoms. The van der Waals surface area contributed by atoms with Gasteiger partial charge in [-0.2, -0.15) is 0 Å². The average molecular weight is 278 g/mol. The number of carbonyl (C=O) groups is 1. The lowest BCUT2D eigenvalue weighted by Crippen LogP contribution is -2.41. The highest BCUT2D eigenvalue weighted by atomic mass is 16.5. The lowest BCUT2D eigenvalue weighted by atomic mass is 10.1. The summed E-state index contributed by atoms with van der Waals surface area (Å²) in [4.78, 5) is 12.1. The lowest BCUT2D eigenvalue weighted by molar-refractivity contribution is -0.123. The van der Waals surface area contributed by atoms with Gasteiger partial charge in [-0.1, -0.05) is 6.07 Å². The summed E-state index contributed by atoms with van der Waals surface area (Å²) in [6.07, 6.45) is 1.97. The number of hydrogen-bond acceptors (Lipinski definition) is 4. The van der Waals surface area contributed by atoms with Gasteiger partial charge in [-0.05, 0) is 44.0 Å². The van der Waals surface area contributed by atoms with Gasteiger partial charge < -0.3 is 20.1 Å². The van der Waals surface area contributed by atoms with E-state index in [1.807, 2.05) is 25.1 Å². The van der Waals surface area contributed by atoms with Gasteiger partial charge in [-0.3, -0.25) is 4.79 Å². The van der Waals surface area contributed by atoms with Gasteiger partial charge in [0.2, 0.25) is 5.91 Å². The standard InChI is InChI=1S/C15H22N2O3/c1-10(17-15(18)12-5-4-8-16-12)11-6-7-13(19-2)14(9-11)20-3/h6-7,9-10,12,16H,4-5,8H2,1-3H3,(H,17,18)/t10?,12-/m1/s1. The number of hydrogen-bond donors (Lipinski definition) is 2. The minimum absolute atomic E-state index is 0.0578. The van der Waals surface area contributed by atoms with Crippen LogP contribution in [0.1, 0.15) is 31.4 Å². The second-order valence-electron chi connectivity index (χ2n) is 4.99. The van der Waals surface area contributed by atoms with Gasteiger partial charge in [-0.25, -0.2) is 0 Å². The fourth-order valence-electron chi connectivity index (χ4n) is 2.43. The highest BCUT2D eigenvalue weighted by molar-refractivity contribution is 5.82. The molecule has 1 aliphatic rings. The second kappa shape index (κ2) is 6.61. The van der Waals surface area contributed by atoms with E-state index < -0.39 is 0 Å². The van der Waals surface area contributed by atoms with Gasteiger partial charge in [0.25, 0.3) is 0 Å². The number of benzene rings is 1. The highest BCUT2D eigenvalue weighted by Crippen LogP contribution is 2.29. The van der Waals surface area contributed by atoms with Crippen molar-refractivity contribution in [3.8, 4) is 11.5 Å². The molecule has 1 saturated heterocycles. The van der Waals surface area contributed by atoms with Gasteiger partial charge in [0.15, 0.2) is 11.5 Å². The van der Waals surface area contributed by atoms with Gasteiger partial charge in [0.05, 0.1) is 26.3 Å². The molecular weight excluding hydrogens is 256 g/mol. The molecule has 0 aromatic heterocycles. The first kappa shape index (κ1) is 14.7. The van der Waals surface area contributed by atoms with Crippen LogP contribution in [0.4, 0.5) is 0 Å². The fraction of sp³-hybridized carbons (Fsp3) is 0.533. The van der Waals surface area contributed by atoms with Gasteiger partial charge in [0.1, 0.15) is 0 Å². The number of amides is 1. The van der Waals surface area contributed by atoms with Crippen molar-refractivity contribution in [3.63, 3.8) is 0 Å². The molecule has 20 heavy (non-hydrogen) atoms. The fourth-order valence-corrected chi connectivity index (χ4v) is 2.43. The Balaban J connectivity index is 2.04. The summed E-state index contributed by atoms with van der Waals surface area (Å²) in [5, 5.41) is 6.23. The predicted octanol–water partition coefficient (Wildman–Crippen LogP) is 1.63. The predicted molar refractivity (Wildman–Crippen MR) is 77.1 cm³/mol. The van der Waals surface area contributed by atoms with Crippen LogP contribution in [0.25, 0.3) is 0 Å². The van der Waals surface area contributed by atoms with Gasteiger partial charge in [0, 0.05) is 0 Å². The SMILES string of the molecule is COc1ccc(C(C)NC(=O)[C@H]2CCCN2)cc1OC. The molecule has 0 bridgehead atoms. The van der Waals surface area contributed by atoms with Crippen molar-refractivity contribution in [2.24, 2.45) is 0 Å². The van der Waals surface area contributed by atoms with E-state index in [0.717, 1.165) is 24.9 Å². The summed E-state index contributed by atoms with van der Waals surface area (Å²) in [5.74, 6) is 1.42. The Kier molecular flexibility index (Phi) is 4.84. The molecule has 0 saturated carbocycles. The normalized spacial score (nSPS) is 19.4. The van der Waals surface area contributed by atoms with Crippen molar-refractivity contribution >= 4 is 5.91 Å². The van der Waals surface area contributed by atoms with Crippen molar-refractivity contribution in [2.45, 2.75) is 31.8 Å². The number of rotatable bonds is 5. The third kappa shape index (κ3) is 3.22. The molecule has 110 valence electrons.